The van der Waals surface area contributed by atoms with Crippen LogP contribution in [-0.2, 0) is 16.1 Å². The van der Waals surface area contributed by atoms with Gasteiger partial charge in [-0.15, -0.1) is 0 Å². The molecule has 0 saturated heterocycles. The number of nitrogens with zero attached hydrogens (tertiary/aromatic N) is 2. The maximum atomic E-state index is 13.8. The third-order valence-corrected chi connectivity index (χ3v) is 6.43. The molecule has 1 aliphatic carbocycles. The van der Waals surface area contributed by atoms with Gasteiger partial charge in [-0.1, -0.05) is 44.2 Å². The van der Waals surface area contributed by atoms with Crippen LogP contribution in [0.2, 0.25) is 0 Å². The molecule has 2 atom stereocenters. The van der Waals surface area contributed by atoms with E-state index in [9.17, 15) is 9.59 Å². The van der Waals surface area contributed by atoms with Gasteiger partial charge in [-0.2, -0.15) is 0 Å². The van der Waals surface area contributed by atoms with E-state index in [4.69, 9.17) is 0 Å². The lowest BCUT2D eigenvalue weighted by Crippen LogP contribution is -2.41. The van der Waals surface area contributed by atoms with Crippen molar-refractivity contribution in [3.63, 3.8) is 0 Å². The van der Waals surface area contributed by atoms with Crippen LogP contribution in [0.1, 0.15) is 63.5 Å². The molecule has 2 aromatic carbocycles. The molecule has 0 aromatic heterocycles. The number of carbonyl (C=O) groups excluding carboxylic acids is 2. The van der Waals surface area contributed by atoms with Crippen LogP contribution in [0.3, 0.4) is 0 Å². The highest BCUT2D eigenvalue weighted by Gasteiger charge is 2.30. The van der Waals surface area contributed by atoms with Gasteiger partial charge in [-0.3, -0.25) is 9.59 Å². The van der Waals surface area contributed by atoms with Crippen LogP contribution in [0.25, 0.3) is 0 Å². The fourth-order valence-corrected chi connectivity index (χ4v) is 4.11. The SMILES string of the molecule is CCC(C(=O)N(Cc1cc(NC(=O)C2CC2)ccc1N(C)C)C(C)CC)c1ccccc1. The molecule has 2 aromatic rings. The number of rotatable bonds is 10. The molecule has 5 heteroatoms. The Morgan fingerprint density at radius 3 is 2.28 bits per heavy atom. The average Bonchev–Trinajstić information content (AvgIpc) is 3.63. The first-order valence-electron chi connectivity index (χ1n) is 11.8. The van der Waals surface area contributed by atoms with Gasteiger partial charge in [0.1, 0.15) is 0 Å². The quantitative estimate of drug-likeness (QED) is 0.542. The van der Waals surface area contributed by atoms with E-state index in [1.54, 1.807) is 0 Å². The van der Waals surface area contributed by atoms with Crippen molar-refractivity contribution in [1.29, 1.82) is 0 Å². The van der Waals surface area contributed by atoms with E-state index in [2.05, 4.69) is 31.0 Å². The molecule has 2 amide bonds. The van der Waals surface area contributed by atoms with Crippen molar-refractivity contribution >= 4 is 23.2 Å². The molecule has 0 bridgehead atoms. The van der Waals surface area contributed by atoms with Crippen LogP contribution >= 0.6 is 0 Å². The number of amides is 2. The molecule has 0 spiro atoms. The molecule has 3 rings (SSSR count). The number of nitrogens with one attached hydrogen (secondary N) is 1. The second-order valence-electron chi connectivity index (χ2n) is 9.10. The number of hydrogen-bond acceptors (Lipinski definition) is 3. The fraction of sp³-hybridized carbons (Fsp3) is 0.481. The first kappa shape index (κ1) is 23.8. The van der Waals surface area contributed by atoms with Gasteiger partial charge >= 0.3 is 0 Å². The molecule has 1 saturated carbocycles. The zero-order valence-electron chi connectivity index (χ0n) is 20.1. The van der Waals surface area contributed by atoms with Crippen LogP contribution < -0.4 is 10.2 Å². The van der Waals surface area contributed by atoms with E-state index in [-0.39, 0.29) is 29.7 Å². The summed E-state index contributed by atoms with van der Waals surface area (Å²) in [6.45, 7) is 6.82. The molecule has 1 N–H and O–H groups in total. The Balaban J connectivity index is 1.91. The Morgan fingerprint density at radius 2 is 1.72 bits per heavy atom. The molecule has 1 aliphatic rings. The van der Waals surface area contributed by atoms with Crippen molar-refractivity contribution in [2.75, 3.05) is 24.3 Å². The zero-order chi connectivity index (χ0) is 23.3. The van der Waals surface area contributed by atoms with Gasteiger partial charge in [0.25, 0.3) is 0 Å². The van der Waals surface area contributed by atoms with Crippen molar-refractivity contribution in [2.24, 2.45) is 5.92 Å². The number of carbonyl (C=O) groups is 2. The molecule has 2 unspecified atom stereocenters. The Labute approximate surface area is 192 Å². The van der Waals surface area contributed by atoms with E-state index >= 15 is 0 Å². The van der Waals surface area contributed by atoms with Crippen LogP contribution in [-0.4, -0.2) is 36.9 Å². The minimum absolute atomic E-state index is 0.0959. The topological polar surface area (TPSA) is 52.7 Å². The summed E-state index contributed by atoms with van der Waals surface area (Å²) in [5.74, 6) is 0.246. The van der Waals surface area contributed by atoms with E-state index in [0.29, 0.717) is 6.54 Å². The summed E-state index contributed by atoms with van der Waals surface area (Å²) in [7, 11) is 4.02. The molecule has 0 radical (unpaired) electrons. The molecule has 32 heavy (non-hydrogen) atoms. The van der Waals surface area contributed by atoms with E-state index in [1.807, 2.05) is 67.5 Å². The summed E-state index contributed by atoms with van der Waals surface area (Å²) in [4.78, 5) is 30.1. The van der Waals surface area contributed by atoms with Crippen LogP contribution in [0.5, 0.6) is 0 Å². The van der Waals surface area contributed by atoms with Crippen molar-refractivity contribution in [3.05, 3.63) is 59.7 Å². The zero-order valence-corrected chi connectivity index (χ0v) is 20.1. The van der Waals surface area contributed by atoms with Gasteiger partial charge in [-0.25, -0.2) is 0 Å². The highest BCUT2D eigenvalue weighted by atomic mass is 16.2. The fourth-order valence-electron chi connectivity index (χ4n) is 4.11. The second-order valence-corrected chi connectivity index (χ2v) is 9.10. The largest absolute Gasteiger partial charge is 0.377 e. The van der Waals surface area contributed by atoms with Crippen molar-refractivity contribution < 1.29 is 9.59 Å². The maximum Gasteiger partial charge on any atom is 0.230 e. The number of hydrogen-bond donors (Lipinski definition) is 1. The minimum atomic E-state index is -0.161. The molecule has 5 nitrogen and oxygen atoms in total. The van der Waals surface area contributed by atoms with Crippen LogP contribution in [0, 0.1) is 5.92 Å². The summed E-state index contributed by atoms with van der Waals surface area (Å²) >= 11 is 0. The van der Waals surface area contributed by atoms with E-state index in [1.165, 1.54) is 0 Å². The summed E-state index contributed by atoms with van der Waals surface area (Å²) in [5.41, 5.74) is 3.96. The predicted octanol–water partition coefficient (Wildman–Crippen LogP) is 5.42. The maximum absolute atomic E-state index is 13.8. The van der Waals surface area contributed by atoms with Crippen molar-refractivity contribution in [2.45, 2.75) is 65.0 Å². The monoisotopic (exact) mass is 435 g/mol. The van der Waals surface area contributed by atoms with Gasteiger partial charge < -0.3 is 15.1 Å². The normalized spacial score (nSPS) is 15.0. The number of benzene rings is 2. The Hall–Kier alpha value is -2.82. The van der Waals surface area contributed by atoms with E-state index in [0.717, 1.165) is 48.2 Å². The molecular weight excluding hydrogens is 398 g/mol. The summed E-state index contributed by atoms with van der Waals surface area (Å²) < 4.78 is 0. The average molecular weight is 436 g/mol. The first-order chi connectivity index (χ1) is 15.3. The summed E-state index contributed by atoms with van der Waals surface area (Å²) in [5, 5.41) is 3.05. The third kappa shape index (κ3) is 5.70. The lowest BCUT2D eigenvalue weighted by atomic mass is 9.94. The predicted molar refractivity (Wildman–Crippen MR) is 132 cm³/mol. The molecular formula is C27H37N3O2. The van der Waals surface area contributed by atoms with Gasteiger partial charge in [0.15, 0.2) is 0 Å². The highest BCUT2D eigenvalue weighted by Crippen LogP contribution is 2.32. The Kier molecular flexibility index (Phi) is 7.94. The molecule has 1 fully saturated rings. The lowest BCUT2D eigenvalue weighted by Gasteiger charge is -2.33. The Bertz CT molecular complexity index is 922. The minimum Gasteiger partial charge on any atom is -0.377 e. The van der Waals surface area contributed by atoms with Gasteiger partial charge in [-0.05, 0) is 61.9 Å². The Morgan fingerprint density at radius 1 is 1.03 bits per heavy atom. The molecule has 0 heterocycles. The molecule has 172 valence electrons. The molecule has 0 aliphatic heterocycles. The third-order valence-electron chi connectivity index (χ3n) is 6.43. The van der Waals surface area contributed by atoms with Gasteiger partial charge in [0, 0.05) is 44.0 Å². The van der Waals surface area contributed by atoms with Crippen LogP contribution in [0.4, 0.5) is 11.4 Å². The van der Waals surface area contributed by atoms with Gasteiger partial charge in [0.2, 0.25) is 11.8 Å². The van der Waals surface area contributed by atoms with Crippen molar-refractivity contribution in [1.82, 2.24) is 4.90 Å². The summed E-state index contributed by atoms with van der Waals surface area (Å²) in [6.07, 6.45) is 3.59. The van der Waals surface area contributed by atoms with E-state index < -0.39 is 0 Å². The number of anilines is 2. The summed E-state index contributed by atoms with van der Waals surface area (Å²) in [6, 6.07) is 16.2. The van der Waals surface area contributed by atoms with Gasteiger partial charge in [0.05, 0.1) is 5.92 Å². The van der Waals surface area contributed by atoms with Crippen LogP contribution in [0.15, 0.2) is 48.5 Å². The standard InChI is InChI=1S/C27H37N3O2/c1-6-19(3)30(27(32)24(7-2)20-11-9-8-10-12-20)18-22-17-23(15-16-25(22)29(4)5)28-26(31)21-13-14-21/h8-12,15-17,19,21,24H,6-7,13-14,18H2,1-5H3,(H,28,31). The highest BCUT2D eigenvalue weighted by molar-refractivity contribution is 5.94. The first-order valence-corrected chi connectivity index (χ1v) is 11.8. The second kappa shape index (κ2) is 10.7. The van der Waals surface area contributed by atoms with Crippen molar-refractivity contribution in [3.8, 4) is 0 Å². The smallest absolute Gasteiger partial charge is 0.230 e. The lowest BCUT2D eigenvalue weighted by molar-refractivity contribution is -0.135.